The second kappa shape index (κ2) is 6.30. The quantitative estimate of drug-likeness (QED) is 0.804. The van der Waals surface area contributed by atoms with E-state index in [1.54, 1.807) is 13.0 Å². The molecule has 0 unspecified atom stereocenters. The first-order chi connectivity index (χ1) is 8.78. The predicted octanol–water partition coefficient (Wildman–Crippen LogP) is 1.80. The third kappa shape index (κ3) is 3.98. The molecule has 1 aromatic rings. The van der Waals surface area contributed by atoms with Gasteiger partial charge in [-0.05, 0) is 37.7 Å². The van der Waals surface area contributed by atoms with E-state index >= 15 is 0 Å². The van der Waals surface area contributed by atoms with Gasteiger partial charge in [0.05, 0.1) is 4.90 Å². The van der Waals surface area contributed by atoms with Gasteiger partial charge in [-0.1, -0.05) is 0 Å². The molecule has 0 amide bonds. The molecule has 1 aromatic carbocycles. The van der Waals surface area contributed by atoms with Crippen molar-refractivity contribution in [2.24, 2.45) is 0 Å². The van der Waals surface area contributed by atoms with E-state index in [1.165, 1.54) is 33.4 Å². The average molecular weight is 325 g/mol. The molecule has 1 N–H and O–H groups in total. The van der Waals surface area contributed by atoms with Crippen LogP contribution < -0.4 is 9.25 Å². The molecule has 0 spiro atoms. The lowest BCUT2D eigenvalue weighted by Crippen LogP contribution is -2.19. The van der Waals surface area contributed by atoms with Crippen molar-refractivity contribution in [1.29, 1.82) is 0 Å². The van der Waals surface area contributed by atoms with Crippen molar-refractivity contribution in [2.45, 2.75) is 11.8 Å². The van der Waals surface area contributed by atoms with E-state index in [2.05, 4.69) is 4.72 Å². The van der Waals surface area contributed by atoms with Crippen molar-refractivity contribution in [3.05, 3.63) is 23.8 Å². The Kier molecular flexibility index (Phi) is 5.49. The maximum absolute atomic E-state index is 11.7. The molecule has 0 atom stereocenters. The smallest absolute Gasteiger partial charge is 0.380 e. The van der Waals surface area contributed by atoms with Crippen LogP contribution in [0.4, 0.5) is 0 Å². The topological polar surface area (TPSA) is 73.9 Å². The highest BCUT2D eigenvalue weighted by atomic mass is 32.5. The molecule has 0 fully saturated rings. The minimum atomic E-state index is -3.49. The predicted molar refractivity (Wildman–Crippen MR) is 76.4 cm³/mol. The minimum absolute atomic E-state index is 0.186. The van der Waals surface area contributed by atoms with Crippen LogP contribution in [-0.2, 0) is 30.9 Å². The first-order valence-corrected chi connectivity index (χ1v) is 9.27. The molecule has 6 nitrogen and oxygen atoms in total. The first kappa shape index (κ1) is 16.6. The highest BCUT2D eigenvalue weighted by Gasteiger charge is 2.20. The summed E-state index contributed by atoms with van der Waals surface area (Å²) in [5, 5.41) is 0. The van der Waals surface area contributed by atoms with Crippen LogP contribution in [0.1, 0.15) is 5.56 Å². The molecule has 108 valence electrons. The molecular formula is C10H16NO5PS2. The Balaban J connectivity index is 3.12. The van der Waals surface area contributed by atoms with Gasteiger partial charge in [0.2, 0.25) is 10.0 Å². The van der Waals surface area contributed by atoms with Crippen molar-refractivity contribution in [3.63, 3.8) is 0 Å². The Morgan fingerprint density at radius 2 is 1.84 bits per heavy atom. The van der Waals surface area contributed by atoms with E-state index in [0.29, 0.717) is 11.3 Å². The number of hydrogen-bond acceptors (Lipinski definition) is 6. The molecular weight excluding hydrogens is 309 g/mol. The van der Waals surface area contributed by atoms with Gasteiger partial charge < -0.3 is 13.6 Å². The Morgan fingerprint density at radius 1 is 1.26 bits per heavy atom. The van der Waals surface area contributed by atoms with Crippen LogP contribution in [-0.4, -0.2) is 29.7 Å². The number of rotatable bonds is 6. The molecule has 0 aliphatic heterocycles. The van der Waals surface area contributed by atoms with Crippen molar-refractivity contribution in [1.82, 2.24) is 4.72 Å². The summed E-state index contributed by atoms with van der Waals surface area (Å²) in [6, 6.07) is 4.53. The summed E-state index contributed by atoms with van der Waals surface area (Å²) in [6.45, 7) is -1.15. The molecule has 0 saturated carbocycles. The number of sulfonamides is 1. The van der Waals surface area contributed by atoms with Crippen LogP contribution in [0.15, 0.2) is 23.1 Å². The summed E-state index contributed by atoms with van der Waals surface area (Å²) in [5.74, 6) is 0.402. The van der Waals surface area contributed by atoms with E-state index in [4.69, 9.17) is 25.4 Å². The highest BCUT2D eigenvalue weighted by Crippen LogP contribution is 2.48. The van der Waals surface area contributed by atoms with E-state index < -0.39 is 16.7 Å². The zero-order valence-electron chi connectivity index (χ0n) is 11.0. The summed E-state index contributed by atoms with van der Waals surface area (Å²) in [4.78, 5) is 0.186. The maximum Gasteiger partial charge on any atom is 0.380 e. The van der Waals surface area contributed by atoms with Gasteiger partial charge in [0.25, 0.3) is 0 Å². The van der Waals surface area contributed by atoms with Crippen molar-refractivity contribution in [3.8, 4) is 5.75 Å². The number of hydrogen-bond donors (Lipinski definition) is 1. The molecule has 0 aromatic heterocycles. The molecule has 0 saturated heterocycles. The molecule has 0 aliphatic carbocycles. The van der Waals surface area contributed by atoms with E-state index in [-0.39, 0.29) is 4.90 Å². The fraction of sp³-hybridized carbons (Fsp3) is 0.400. The average Bonchev–Trinajstić information content (AvgIpc) is 2.38. The van der Waals surface area contributed by atoms with E-state index in [1.807, 2.05) is 0 Å². The Bertz CT molecular complexity index is 594. The Morgan fingerprint density at radius 3 is 2.26 bits per heavy atom. The van der Waals surface area contributed by atoms with Crippen LogP contribution >= 0.6 is 6.72 Å². The van der Waals surface area contributed by atoms with Gasteiger partial charge >= 0.3 is 6.72 Å². The van der Waals surface area contributed by atoms with Crippen LogP contribution in [0.25, 0.3) is 0 Å². The highest BCUT2D eigenvalue weighted by molar-refractivity contribution is 8.07. The first-order valence-electron chi connectivity index (χ1n) is 5.23. The van der Waals surface area contributed by atoms with Crippen molar-refractivity contribution < 1.29 is 22.0 Å². The van der Waals surface area contributed by atoms with Crippen molar-refractivity contribution in [2.75, 3.05) is 21.3 Å². The van der Waals surface area contributed by atoms with Gasteiger partial charge in [-0.15, -0.1) is 0 Å². The number of aryl methyl sites for hydroxylation is 1. The third-order valence-electron chi connectivity index (χ3n) is 2.37. The zero-order chi connectivity index (χ0) is 14.7. The lowest BCUT2D eigenvalue weighted by molar-refractivity contribution is 0.273. The molecule has 0 bridgehead atoms. The standard InChI is InChI=1S/C10H16NO5PS2/c1-8-7-9(16-17(18,14-3)15-4)5-6-10(8)19(12,13)11-2/h5-7,11H,1-4H3. The summed E-state index contributed by atoms with van der Waals surface area (Å²) in [6.07, 6.45) is 0. The second-order valence-electron chi connectivity index (χ2n) is 3.54. The van der Waals surface area contributed by atoms with Crippen LogP contribution in [0.2, 0.25) is 0 Å². The van der Waals surface area contributed by atoms with E-state index in [0.717, 1.165) is 0 Å². The maximum atomic E-state index is 11.7. The molecule has 9 heteroatoms. The minimum Gasteiger partial charge on any atom is -0.424 e. The molecule has 0 heterocycles. The molecule has 19 heavy (non-hydrogen) atoms. The summed E-state index contributed by atoms with van der Waals surface area (Å²) in [7, 11) is 0.670. The molecule has 0 aliphatic rings. The normalized spacial score (nSPS) is 12.4. The van der Waals surface area contributed by atoms with Crippen LogP contribution in [0, 0.1) is 6.92 Å². The monoisotopic (exact) mass is 325 g/mol. The second-order valence-corrected chi connectivity index (χ2v) is 8.54. The fourth-order valence-electron chi connectivity index (χ4n) is 1.37. The Hall–Kier alpha value is -0.500. The number of nitrogens with one attached hydrogen (secondary N) is 1. The summed E-state index contributed by atoms with van der Waals surface area (Å²) < 4.78 is 41.1. The van der Waals surface area contributed by atoms with E-state index in [9.17, 15) is 8.42 Å². The Labute approximate surface area is 118 Å². The van der Waals surface area contributed by atoms with Gasteiger partial charge in [-0.25, -0.2) is 13.1 Å². The van der Waals surface area contributed by atoms with Crippen LogP contribution in [0.3, 0.4) is 0 Å². The lowest BCUT2D eigenvalue weighted by Gasteiger charge is -2.18. The van der Waals surface area contributed by atoms with Crippen LogP contribution in [0.5, 0.6) is 5.75 Å². The van der Waals surface area contributed by atoms with Gasteiger partial charge in [-0.2, -0.15) is 0 Å². The van der Waals surface area contributed by atoms with Gasteiger partial charge in [0.1, 0.15) is 5.75 Å². The summed E-state index contributed by atoms with van der Waals surface area (Å²) in [5.41, 5.74) is 0.542. The zero-order valence-corrected chi connectivity index (χ0v) is 13.6. The van der Waals surface area contributed by atoms with Gasteiger partial charge in [0.15, 0.2) is 0 Å². The fourth-order valence-corrected chi connectivity index (χ4v) is 3.25. The largest absolute Gasteiger partial charge is 0.424 e. The molecule has 0 radical (unpaired) electrons. The SMILES string of the molecule is CNS(=O)(=O)c1ccc(OP(=S)(OC)OC)cc1C. The summed E-state index contributed by atoms with van der Waals surface area (Å²) >= 11 is 5.07. The van der Waals surface area contributed by atoms with Crippen molar-refractivity contribution >= 4 is 28.5 Å². The number of benzene rings is 1. The van der Waals surface area contributed by atoms with Gasteiger partial charge in [-0.3, -0.25) is 0 Å². The third-order valence-corrected chi connectivity index (χ3v) is 6.39. The molecule has 1 rings (SSSR count). The lowest BCUT2D eigenvalue weighted by atomic mass is 10.2. The van der Waals surface area contributed by atoms with Gasteiger partial charge in [0, 0.05) is 26.0 Å².